The molecule has 1 aliphatic heterocycles. The molecule has 0 saturated carbocycles. The molecule has 2 N–H and O–H groups in total. The summed E-state index contributed by atoms with van der Waals surface area (Å²) < 4.78 is 17.5. The van der Waals surface area contributed by atoms with Gasteiger partial charge < -0.3 is 19.9 Å². The molecule has 5 heteroatoms. The van der Waals surface area contributed by atoms with Gasteiger partial charge in [-0.3, -0.25) is 0 Å². The number of nitrogen functional groups attached to an aromatic ring is 1. The summed E-state index contributed by atoms with van der Waals surface area (Å²) in [5.74, 6) is 9.01. The number of hydrogen-bond acceptors (Lipinski definition) is 5. The van der Waals surface area contributed by atoms with Gasteiger partial charge >= 0.3 is 0 Å². The topological polar surface area (TPSA) is 53.7 Å². The van der Waals surface area contributed by atoms with Gasteiger partial charge in [-0.15, -0.1) is 11.3 Å². The Morgan fingerprint density at radius 1 is 0.931 bits per heavy atom. The smallest absolute Gasteiger partial charge is 0.231 e. The molecule has 0 unspecified atom stereocenters. The molecule has 0 bridgehead atoms. The minimum Gasteiger partial charge on any atom is -0.497 e. The van der Waals surface area contributed by atoms with E-state index in [0.717, 1.165) is 54.6 Å². The predicted octanol–water partition coefficient (Wildman–Crippen LogP) is 5.29. The standard InChI is InChI=1S/C24H17NO3S/c1-26-18-9-5-16(6-10-18)24-19(11-4-15-2-7-17(25)8-3-15)20-12-21-22(28-14-27-21)13-23(20)29-24/h2-3,5-10,12-13H,14,25H2,1H3. The van der Waals surface area contributed by atoms with Crippen molar-refractivity contribution in [3.63, 3.8) is 0 Å². The van der Waals surface area contributed by atoms with Crippen LogP contribution in [-0.4, -0.2) is 13.9 Å². The van der Waals surface area contributed by atoms with E-state index in [1.165, 1.54) is 0 Å². The molecule has 4 aromatic rings. The van der Waals surface area contributed by atoms with E-state index in [1.54, 1.807) is 18.4 Å². The monoisotopic (exact) mass is 399 g/mol. The van der Waals surface area contributed by atoms with Crippen LogP contribution < -0.4 is 19.9 Å². The van der Waals surface area contributed by atoms with E-state index in [9.17, 15) is 0 Å². The average molecular weight is 399 g/mol. The Labute approximate surface area is 172 Å². The van der Waals surface area contributed by atoms with Crippen LogP contribution in [0.2, 0.25) is 0 Å². The molecule has 0 radical (unpaired) electrons. The maximum Gasteiger partial charge on any atom is 0.231 e. The quantitative estimate of drug-likeness (QED) is 0.368. The number of methoxy groups -OCH3 is 1. The van der Waals surface area contributed by atoms with Crippen LogP contribution in [0.1, 0.15) is 11.1 Å². The van der Waals surface area contributed by atoms with E-state index in [2.05, 4.69) is 24.0 Å². The molecule has 0 spiro atoms. The van der Waals surface area contributed by atoms with E-state index in [-0.39, 0.29) is 6.79 Å². The maximum atomic E-state index is 5.79. The number of hydrogen-bond donors (Lipinski definition) is 1. The van der Waals surface area contributed by atoms with E-state index in [1.807, 2.05) is 48.5 Å². The van der Waals surface area contributed by atoms with Crippen molar-refractivity contribution < 1.29 is 14.2 Å². The summed E-state index contributed by atoms with van der Waals surface area (Å²) in [6.07, 6.45) is 0. The molecule has 5 rings (SSSR count). The fourth-order valence-electron chi connectivity index (χ4n) is 3.26. The first kappa shape index (κ1) is 17.5. The molecule has 0 aliphatic carbocycles. The lowest BCUT2D eigenvalue weighted by atomic mass is 10.0. The van der Waals surface area contributed by atoms with E-state index in [0.29, 0.717) is 0 Å². The Morgan fingerprint density at radius 2 is 1.66 bits per heavy atom. The van der Waals surface area contributed by atoms with Crippen molar-refractivity contribution in [3.05, 3.63) is 71.8 Å². The molecule has 1 aromatic heterocycles. The van der Waals surface area contributed by atoms with Crippen LogP contribution >= 0.6 is 11.3 Å². The Kier molecular flexibility index (Phi) is 4.27. The Hall–Kier alpha value is -3.62. The molecule has 142 valence electrons. The first-order valence-corrected chi connectivity index (χ1v) is 9.91. The van der Waals surface area contributed by atoms with Crippen molar-refractivity contribution in [2.75, 3.05) is 19.6 Å². The number of benzene rings is 3. The van der Waals surface area contributed by atoms with Crippen LogP contribution in [-0.2, 0) is 0 Å². The normalized spacial score (nSPS) is 11.9. The highest BCUT2D eigenvalue weighted by Gasteiger charge is 2.19. The zero-order valence-corrected chi connectivity index (χ0v) is 16.5. The molecule has 0 saturated heterocycles. The maximum absolute atomic E-state index is 5.79. The third kappa shape index (κ3) is 3.24. The lowest BCUT2D eigenvalue weighted by Crippen LogP contribution is -1.92. The summed E-state index contributed by atoms with van der Waals surface area (Å²) in [4.78, 5) is 1.11. The minimum absolute atomic E-state index is 0.254. The molecule has 29 heavy (non-hydrogen) atoms. The molecule has 2 heterocycles. The van der Waals surface area contributed by atoms with Gasteiger partial charge in [-0.2, -0.15) is 0 Å². The number of nitrogens with two attached hydrogens (primary N) is 1. The summed E-state index contributed by atoms with van der Waals surface area (Å²) >= 11 is 1.70. The Balaban J connectivity index is 1.69. The fourth-order valence-corrected chi connectivity index (χ4v) is 4.43. The molecule has 0 fully saturated rings. The number of rotatable bonds is 2. The highest BCUT2D eigenvalue weighted by molar-refractivity contribution is 7.22. The summed E-state index contributed by atoms with van der Waals surface area (Å²) in [5, 5.41) is 1.06. The predicted molar refractivity (Wildman–Crippen MR) is 117 cm³/mol. The zero-order chi connectivity index (χ0) is 19.8. The SMILES string of the molecule is COc1ccc(-c2sc3cc4c(cc3c2C#Cc2ccc(N)cc2)OCO4)cc1. The third-order valence-corrected chi connectivity index (χ3v) is 5.98. The molecule has 4 nitrogen and oxygen atoms in total. The number of anilines is 1. The van der Waals surface area contributed by atoms with Gasteiger partial charge in [-0.1, -0.05) is 11.8 Å². The third-order valence-electron chi connectivity index (χ3n) is 4.78. The lowest BCUT2D eigenvalue weighted by Gasteiger charge is -2.02. The number of ether oxygens (including phenoxy) is 3. The van der Waals surface area contributed by atoms with Crippen molar-refractivity contribution >= 4 is 27.1 Å². The van der Waals surface area contributed by atoms with Gasteiger partial charge in [0.1, 0.15) is 5.75 Å². The van der Waals surface area contributed by atoms with Crippen LogP contribution in [0.25, 0.3) is 20.5 Å². The van der Waals surface area contributed by atoms with Crippen molar-refractivity contribution in [3.8, 4) is 39.5 Å². The lowest BCUT2D eigenvalue weighted by molar-refractivity contribution is 0.174. The average Bonchev–Trinajstić information content (AvgIpc) is 3.35. The summed E-state index contributed by atoms with van der Waals surface area (Å²) in [6, 6.07) is 19.7. The van der Waals surface area contributed by atoms with Gasteiger partial charge in [0.2, 0.25) is 6.79 Å². The van der Waals surface area contributed by atoms with Gasteiger partial charge in [-0.05, 0) is 60.2 Å². The first-order chi connectivity index (χ1) is 14.2. The molecular weight excluding hydrogens is 382 g/mol. The van der Waals surface area contributed by atoms with Crippen molar-refractivity contribution in [1.29, 1.82) is 0 Å². The Morgan fingerprint density at radius 3 is 2.38 bits per heavy atom. The molecular formula is C24H17NO3S. The van der Waals surface area contributed by atoms with Crippen LogP contribution in [0.5, 0.6) is 17.2 Å². The van der Waals surface area contributed by atoms with E-state index in [4.69, 9.17) is 19.9 Å². The van der Waals surface area contributed by atoms with E-state index >= 15 is 0 Å². The van der Waals surface area contributed by atoms with Crippen LogP contribution in [0, 0.1) is 11.8 Å². The minimum atomic E-state index is 0.254. The van der Waals surface area contributed by atoms with Crippen LogP contribution in [0.3, 0.4) is 0 Å². The van der Waals surface area contributed by atoms with Gasteiger partial charge in [-0.25, -0.2) is 0 Å². The highest BCUT2D eigenvalue weighted by atomic mass is 32.1. The molecule has 3 aromatic carbocycles. The van der Waals surface area contributed by atoms with Gasteiger partial charge in [0.05, 0.1) is 17.6 Å². The van der Waals surface area contributed by atoms with E-state index < -0.39 is 0 Å². The van der Waals surface area contributed by atoms with Crippen molar-refractivity contribution in [2.45, 2.75) is 0 Å². The second-order valence-electron chi connectivity index (χ2n) is 6.61. The number of thiophene rings is 1. The van der Waals surface area contributed by atoms with Crippen molar-refractivity contribution in [1.82, 2.24) is 0 Å². The van der Waals surface area contributed by atoms with Crippen LogP contribution in [0.15, 0.2) is 60.7 Å². The van der Waals surface area contributed by atoms with Crippen LogP contribution in [0.4, 0.5) is 5.69 Å². The molecule has 0 atom stereocenters. The molecule has 1 aliphatic rings. The Bertz CT molecular complexity index is 1260. The first-order valence-electron chi connectivity index (χ1n) is 9.09. The summed E-state index contributed by atoms with van der Waals surface area (Å²) in [5.41, 5.74) is 9.50. The number of fused-ring (bicyclic) bond motifs is 2. The summed E-state index contributed by atoms with van der Waals surface area (Å²) in [7, 11) is 1.67. The largest absolute Gasteiger partial charge is 0.497 e. The van der Waals surface area contributed by atoms with Gasteiger partial charge in [0.15, 0.2) is 11.5 Å². The van der Waals surface area contributed by atoms with Crippen molar-refractivity contribution in [2.24, 2.45) is 0 Å². The fraction of sp³-hybridized carbons (Fsp3) is 0.0833. The second kappa shape index (κ2) is 7.08. The zero-order valence-electron chi connectivity index (χ0n) is 15.7. The summed E-state index contributed by atoms with van der Waals surface area (Å²) in [6.45, 7) is 0.254. The van der Waals surface area contributed by atoms with Gasteiger partial charge in [0, 0.05) is 27.4 Å². The molecule has 0 amide bonds. The second-order valence-corrected chi connectivity index (χ2v) is 7.66. The van der Waals surface area contributed by atoms with Gasteiger partial charge in [0.25, 0.3) is 0 Å². The highest BCUT2D eigenvalue weighted by Crippen LogP contribution is 2.44.